The van der Waals surface area contributed by atoms with Crippen molar-refractivity contribution in [1.29, 1.82) is 0 Å². The molecule has 17 heavy (non-hydrogen) atoms. The molecule has 0 atom stereocenters. The van der Waals surface area contributed by atoms with E-state index >= 15 is 0 Å². The van der Waals surface area contributed by atoms with Gasteiger partial charge in [-0.3, -0.25) is 9.59 Å². The highest BCUT2D eigenvalue weighted by atomic mass is 16.1. The summed E-state index contributed by atoms with van der Waals surface area (Å²) < 4.78 is 0. The second-order valence-corrected chi connectivity index (χ2v) is 4.59. The maximum absolute atomic E-state index is 11.1. The molecule has 0 spiro atoms. The van der Waals surface area contributed by atoms with Crippen molar-refractivity contribution >= 4 is 17.3 Å². The van der Waals surface area contributed by atoms with Crippen LogP contribution in [0.3, 0.4) is 0 Å². The highest BCUT2D eigenvalue weighted by Crippen LogP contribution is 2.20. The number of carbonyl (C=O) groups excluding carboxylic acids is 2. The molecule has 0 radical (unpaired) electrons. The Labute approximate surface area is 101 Å². The van der Waals surface area contributed by atoms with Crippen molar-refractivity contribution < 1.29 is 9.59 Å². The molecule has 1 aromatic carbocycles. The van der Waals surface area contributed by atoms with Gasteiger partial charge in [-0.15, -0.1) is 0 Å². The highest BCUT2D eigenvalue weighted by molar-refractivity contribution is 5.94. The average molecular weight is 231 g/mol. The van der Waals surface area contributed by atoms with Crippen molar-refractivity contribution in [3.8, 4) is 0 Å². The quantitative estimate of drug-likeness (QED) is 0.814. The van der Waals surface area contributed by atoms with E-state index in [0.29, 0.717) is 24.7 Å². The molecule has 1 saturated carbocycles. The van der Waals surface area contributed by atoms with Crippen LogP contribution in [0.1, 0.15) is 43.0 Å². The van der Waals surface area contributed by atoms with Gasteiger partial charge in [-0.25, -0.2) is 0 Å². The van der Waals surface area contributed by atoms with Crippen LogP contribution in [0.5, 0.6) is 0 Å². The zero-order chi connectivity index (χ0) is 12.3. The zero-order valence-electron chi connectivity index (χ0n) is 10.0. The summed E-state index contributed by atoms with van der Waals surface area (Å²) in [6.45, 7) is 1.56. The first-order chi connectivity index (χ1) is 8.15. The van der Waals surface area contributed by atoms with Crippen molar-refractivity contribution in [3.63, 3.8) is 0 Å². The lowest BCUT2D eigenvalue weighted by Gasteiger charge is -2.23. The van der Waals surface area contributed by atoms with E-state index in [9.17, 15) is 9.59 Å². The summed E-state index contributed by atoms with van der Waals surface area (Å²) in [5.74, 6) is 0.454. The van der Waals surface area contributed by atoms with E-state index < -0.39 is 0 Å². The van der Waals surface area contributed by atoms with Crippen molar-refractivity contribution in [2.75, 3.05) is 5.32 Å². The summed E-state index contributed by atoms with van der Waals surface area (Å²) in [7, 11) is 0. The SMILES string of the molecule is CC(=O)c1ccc(NC2CCC(=O)CC2)cc1. The first-order valence-corrected chi connectivity index (χ1v) is 6.04. The predicted molar refractivity (Wildman–Crippen MR) is 67.3 cm³/mol. The Hall–Kier alpha value is -1.64. The maximum Gasteiger partial charge on any atom is 0.159 e. The number of rotatable bonds is 3. The summed E-state index contributed by atoms with van der Waals surface area (Å²) in [5, 5.41) is 3.40. The zero-order valence-corrected chi connectivity index (χ0v) is 10.0. The molecule has 1 aliphatic carbocycles. The smallest absolute Gasteiger partial charge is 0.159 e. The number of Topliss-reactive ketones (excluding diaryl/α,β-unsaturated/α-hetero) is 2. The van der Waals surface area contributed by atoms with E-state index in [4.69, 9.17) is 0 Å². The van der Waals surface area contributed by atoms with Crippen LogP contribution in [-0.2, 0) is 4.79 Å². The minimum atomic E-state index is 0.0832. The molecule has 3 heteroatoms. The van der Waals surface area contributed by atoms with Gasteiger partial charge >= 0.3 is 0 Å². The fraction of sp³-hybridized carbons (Fsp3) is 0.429. The first-order valence-electron chi connectivity index (χ1n) is 6.04. The molecule has 3 nitrogen and oxygen atoms in total. The number of nitrogens with one attached hydrogen (secondary N) is 1. The van der Waals surface area contributed by atoms with Crippen LogP contribution >= 0.6 is 0 Å². The lowest BCUT2D eigenvalue weighted by atomic mass is 9.94. The molecule has 1 fully saturated rings. The highest BCUT2D eigenvalue weighted by Gasteiger charge is 2.18. The van der Waals surface area contributed by atoms with Crippen molar-refractivity contribution in [2.45, 2.75) is 38.6 Å². The van der Waals surface area contributed by atoms with E-state index in [1.165, 1.54) is 0 Å². The molecule has 0 amide bonds. The van der Waals surface area contributed by atoms with Crippen LogP contribution in [0.4, 0.5) is 5.69 Å². The van der Waals surface area contributed by atoms with Gasteiger partial charge in [0.1, 0.15) is 5.78 Å². The fourth-order valence-corrected chi connectivity index (χ4v) is 2.12. The van der Waals surface area contributed by atoms with E-state index in [2.05, 4.69) is 5.32 Å². The molecule has 0 heterocycles. The Kier molecular flexibility index (Phi) is 3.57. The molecule has 0 aromatic heterocycles. The molecule has 1 N–H and O–H groups in total. The molecule has 1 aromatic rings. The summed E-state index contributed by atoms with van der Waals surface area (Å²) >= 11 is 0. The molecule has 2 rings (SSSR count). The second kappa shape index (κ2) is 5.13. The number of hydrogen-bond acceptors (Lipinski definition) is 3. The minimum absolute atomic E-state index is 0.0832. The van der Waals surface area contributed by atoms with Gasteiger partial charge in [0.05, 0.1) is 0 Å². The third-order valence-electron chi connectivity index (χ3n) is 3.21. The van der Waals surface area contributed by atoms with Crippen molar-refractivity contribution in [3.05, 3.63) is 29.8 Å². The summed E-state index contributed by atoms with van der Waals surface area (Å²) in [6.07, 6.45) is 3.19. The predicted octanol–water partition coefficient (Wildman–Crippen LogP) is 2.81. The monoisotopic (exact) mass is 231 g/mol. The van der Waals surface area contributed by atoms with Crippen molar-refractivity contribution in [2.24, 2.45) is 0 Å². The third kappa shape index (κ3) is 3.16. The van der Waals surface area contributed by atoms with Crippen LogP contribution in [0.25, 0.3) is 0 Å². The van der Waals surface area contributed by atoms with Crippen molar-refractivity contribution in [1.82, 2.24) is 0 Å². The van der Waals surface area contributed by atoms with Gasteiger partial charge < -0.3 is 5.32 Å². The average Bonchev–Trinajstić information content (AvgIpc) is 2.33. The molecular weight excluding hydrogens is 214 g/mol. The summed E-state index contributed by atoms with van der Waals surface area (Å²) in [5.41, 5.74) is 1.75. The van der Waals surface area contributed by atoms with Gasteiger partial charge in [-0.2, -0.15) is 0 Å². The molecule has 1 aliphatic rings. The molecular formula is C14H17NO2. The Morgan fingerprint density at radius 3 is 2.29 bits per heavy atom. The van der Waals surface area contributed by atoms with Crippen LogP contribution in [-0.4, -0.2) is 17.6 Å². The fourth-order valence-electron chi connectivity index (χ4n) is 2.12. The van der Waals surface area contributed by atoms with Crippen LogP contribution < -0.4 is 5.32 Å². The van der Waals surface area contributed by atoms with Crippen LogP contribution in [0, 0.1) is 0 Å². The Morgan fingerprint density at radius 2 is 1.76 bits per heavy atom. The summed E-state index contributed by atoms with van der Waals surface area (Å²) in [4.78, 5) is 22.2. The lowest BCUT2D eigenvalue weighted by molar-refractivity contribution is -0.120. The number of benzene rings is 1. The third-order valence-corrected chi connectivity index (χ3v) is 3.21. The molecule has 0 aliphatic heterocycles. The number of anilines is 1. The van der Waals surface area contributed by atoms with Gasteiger partial charge in [0, 0.05) is 30.1 Å². The molecule has 0 saturated heterocycles. The molecule has 90 valence electrons. The van der Waals surface area contributed by atoms with Gasteiger partial charge in [-0.1, -0.05) is 0 Å². The van der Waals surface area contributed by atoms with Gasteiger partial charge in [0.2, 0.25) is 0 Å². The van der Waals surface area contributed by atoms with Crippen LogP contribution in [0.15, 0.2) is 24.3 Å². The normalized spacial score (nSPS) is 16.9. The van der Waals surface area contributed by atoms with E-state index in [1.54, 1.807) is 6.92 Å². The minimum Gasteiger partial charge on any atom is -0.382 e. The van der Waals surface area contributed by atoms with E-state index in [-0.39, 0.29) is 5.78 Å². The number of hydrogen-bond donors (Lipinski definition) is 1. The lowest BCUT2D eigenvalue weighted by Crippen LogP contribution is -2.25. The first kappa shape index (κ1) is 11.8. The Bertz CT molecular complexity index is 412. The standard InChI is InChI=1S/C14H17NO2/c1-10(16)11-2-4-12(5-3-11)15-13-6-8-14(17)9-7-13/h2-5,13,15H,6-9H2,1H3. The molecule has 0 unspecified atom stereocenters. The van der Waals surface area contributed by atoms with Gasteiger partial charge in [0.25, 0.3) is 0 Å². The maximum atomic E-state index is 11.1. The molecule has 0 bridgehead atoms. The Balaban J connectivity index is 1.95. The second-order valence-electron chi connectivity index (χ2n) is 4.59. The van der Waals surface area contributed by atoms with Gasteiger partial charge in [-0.05, 0) is 44.0 Å². The van der Waals surface area contributed by atoms with Gasteiger partial charge in [0.15, 0.2) is 5.78 Å². The number of carbonyl (C=O) groups is 2. The Morgan fingerprint density at radius 1 is 1.18 bits per heavy atom. The van der Waals surface area contributed by atoms with E-state index in [0.717, 1.165) is 24.1 Å². The largest absolute Gasteiger partial charge is 0.382 e. The number of ketones is 2. The topological polar surface area (TPSA) is 46.2 Å². The summed E-state index contributed by atoms with van der Waals surface area (Å²) in [6, 6.07) is 7.90. The van der Waals surface area contributed by atoms with Crippen LogP contribution in [0.2, 0.25) is 0 Å². The van der Waals surface area contributed by atoms with E-state index in [1.807, 2.05) is 24.3 Å².